The largest absolute Gasteiger partial charge is 0.465 e. The molecule has 0 fully saturated rings. The number of hydrogen-bond donors (Lipinski definition) is 0. The normalized spacial score (nSPS) is 14.4. The predicted molar refractivity (Wildman–Crippen MR) is 91.1 cm³/mol. The summed E-state index contributed by atoms with van der Waals surface area (Å²) in [6, 6.07) is 8.22. The van der Waals surface area contributed by atoms with Gasteiger partial charge < -0.3 is 18.9 Å². The summed E-state index contributed by atoms with van der Waals surface area (Å²) in [5.41, 5.74) is -0.444. The molecule has 0 aliphatic carbocycles. The number of nitro benzene ring substituents is 1. The molecule has 0 bridgehead atoms. The van der Waals surface area contributed by atoms with E-state index in [9.17, 15) is 19.7 Å². The lowest BCUT2D eigenvalue weighted by Gasteiger charge is -2.32. The van der Waals surface area contributed by atoms with Crippen LogP contribution in [-0.2, 0) is 9.47 Å². The number of benzene rings is 2. The Morgan fingerprint density at radius 3 is 2.56 bits per heavy atom. The molecule has 0 N–H and O–H groups in total. The van der Waals surface area contributed by atoms with Crippen molar-refractivity contribution in [2.45, 2.75) is 19.6 Å². The Kier molecular flexibility index (Phi) is 4.44. The Balaban J connectivity index is 2.03. The number of methoxy groups -OCH3 is 1. The van der Waals surface area contributed by atoms with Crippen LogP contribution in [0.2, 0.25) is 0 Å². The highest BCUT2D eigenvalue weighted by atomic mass is 16.7. The molecule has 0 aromatic heterocycles. The SMILES string of the molecule is COC(=O)c1ccc(Oc2cccc3c2C(=O)OC(C)(C)O3)c([N+](=O)[O-])c1. The zero-order valence-corrected chi connectivity index (χ0v) is 14.7. The molecule has 1 heterocycles. The van der Waals surface area contributed by atoms with Gasteiger partial charge in [-0.2, -0.15) is 0 Å². The Morgan fingerprint density at radius 2 is 1.89 bits per heavy atom. The van der Waals surface area contributed by atoms with Crippen LogP contribution in [-0.4, -0.2) is 29.8 Å². The van der Waals surface area contributed by atoms with Crippen LogP contribution in [0, 0.1) is 10.1 Å². The predicted octanol–water partition coefficient (Wildman–Crippen LogP) is 3.46. The Morgan fingerprint density at radius 1 is 1.15 bits per heavy atom. The summed E-state index contributed by atoms with van der Waals surface area (Å²) in [6.45, 7) is 3.16. The van der Waals surface area contributed by atoms with Crippen LogP contribution >= 0.6 is 0 Å². The van der Waals surface area contributed by atoms with Gasteiger partial charge in [0.25, 0.3) is 0 Å². The van der Waals surface area contributed by atoms with Crippen LogP contribution in [0.25, 0.3) is 0 Å². The monoisotopic (exact) mass is 373 g/mol. The van der Waals surface area contributed by atoms with E-state index in [0.29, 0.717) is 0 Å². The molecular weight excluding hydrogens is 358 g/mol. The summed E-state index contributed by atoms with van der Waals surface area (Å²) in [5, 5.41) is 11.4. The lowest BCUT2D eigenvalue weighted by molar-refractivity contribution is -0.385. The highest BCUT2D eigenvalue weighted by molar-refractivity contribution is 5.97. The van der Waals surface area contributed by atoms with Crippen LogP contribution in [0.5, 0.6) is 17.2 Å². The average Bonchev–Trinajstić information content (AvgIpc) is 2.59. The van der Waals surface area contributed by atoms with Gasteiger partial charge in [-0.05, 0) is 24.3 Å². The first-order valence-corrected chi connectivity index (χ1v) is 7.82. The summed E-state index contributed by atoms with van der Waals surface area (Å²) >= 11 is 0. The molecule has 1 aliphatic rings. The molecule has 0 spiro atoms. The maximum atomic E-state index is 12.3. The quantitative estimate of drug-likeness (QED) is 0.455. The van der Waals surface area contributed by atoms with Crippen molar-refractivity contribution in [1.82, 2.24) is 0 Å². The van der Waals surface area contributed by atoms with E-state index in [4.69, 9.17) is 14.2 Å². The summed E-state index contributed by atoms with van der Waals surface area (Å²) in [7, 11) is 1.17. The smallest absolute Gasteiger partial charge is 0.349 e. The van der Waals surface area contributed by atoms with Crippen molar-refractivity contribution in [3.63, 3.8) is 0 Å². The summed E-state index contributed by atoms with van der Waals surface area (Å²) in [4.78, 5) is 34.6. The van der Waals surface area contributed by atoms with Crippen LogP contribution in [0.15, 0.2) is 36.4 Å². The van der Waals surface area contributed by atoms with E-state index in [-0.39, 0.29) is 28.4 Å². The molecule has 27 heavy (non-hydrogen) atoms. The number of esters is 2. The van der Waals surface area contributed by atoms with Crippen molar-refractivity contribution in [3.8, 4) is 17.2 Å². The third-order valence-electron chi connectivity index (χ3n) is 3.68. The van der Waals surface area contributed by atoms with Gasteiger partial charge in [-0.1, -0.05) is 6.07 Å². The summed E-state index contributed by atoms with van der Waals surface area (Å²) in [6.07, 6.45) is 0. The molecule has 1 aliphatic heterocycles. The van der Waals surface area contributed by atoms with Crippen molar-refractivity contribution in [3.05, 3.63) is 57.6 Å². The molecule has 9 nitrogen and oxygen atoms in total. The lowest BCUT2D eigenvalue weighted by Crippen LogP contribution is -2.38. The molecule has 0 saturated heterocycles. The van der Waals surface area contributed by atoms with Gasteiger partial charge in [-0.25, -0.2) is 9.59 Å². The number of nitro groups is 1. The maximum Gasteiger partial charge on any atom is 0.349 e. The number of fused-ring (bicyclic) bond motifs is 1. The van der Waals surface area contributed by atoms with Gasteiger partial charge in [-0.15, -0.1) is 0 Å². The van der Waals surface area contributed by atoms with Crippen LogP contribution in [0.3, 0.4) is 0 Å². The van der Waals surface area contributed by atoms with E-state index in [0.717, 1.165) is 6.07 Å². The second-order valence-electron chi connectivity index (χ2n) is 6.05. The minimum Gasteiger partial charge on any atom is -0.465 e. The van der Waals surface area contributed by atoms with Crippen molar-refractivity contribution >= 4 is 17.6 Å². The van der Waals surface area contributed by atoms with E-state index in [1.807, 2.05) is 0 Å². The summed E-state index contributed by atoms with van der Waals surface area (Å²) in [5.74, 6) is -2.42. The summed E-state index contributed by atoms with van der Waals surface area (Å²) < 4.78 is 20.9. The lowest BCUT2D eigenvalue weighted by atomic mass is 10.1. The van der Waals surface area contributed by atoms with Crippen LogP contribution < -0.4 is 9.47 Å². The number of ether oxygens (including phenoxy) is 4. The fraction of sp³-hybridized carbons (Fsp3) is 0.222. The highest BCUT2D eigenvalue weighted by Gasteiger charge is 2.36. The van der Waals surface area contributed by atoms with Crippen molar-refractivity contribution in [1.29, 1.82) is 0 Å². The van der Waals surface area contributed by atoms with Crippen LogP contribution in [0.1, 0.15) is 34.6 Å². The van der Waals surface area contributed by atoms with E-state index < -0.39 is 28.3 Å². The third kappa shape index (κ3) is 3.52. The number of hydrogen-bond acceptors (Lipinski definition) is 8. The number of rotatable bonds is 4. The fourth-order valence-electron chi connectivity index (χ4n) is 2.55. The van der Waals surface area contributed by atoms with E-state index >= 15 is 0 Å². The van der Waals surface area contributed by atoms with Crippen molar-refractivity contribution < 1.29 is 33.5 Å². The third-order valence-corrected chi connectivity index (χ3v) is 3.68. The van der Waals surface area contributed by atoms with Gasteiger partial charge in [0.1, 0.15) is 17.1 Å². The standard InChI is InChI=1S/C18H15NO8/c1-18(2)26-14-6-4-5-13(15(14)17(21)27-18)25-12-8-7-10(16(20)24-3)9-11(12)19(22)23/h4-9H,1-3H3. The minimum absolute atomic E-state index is 0.00358. The molecule has 0 saturated carbocycles. The van der Waals surface area contributed by atoms with Gasteiger partial charge in [-0.3, -0.25) is 10.1 Å². The molecule has 3 rings (SSSR count). The number of nitrogens with zero attached hydrogens (tertiary/aromatic N) is 1. The molecule has 9 heteroatoms. The number of carbonyl (C=O) groups excluding carboxylic acids is 2. The van der Waals surface area contributed by atoms with Gasteiger partial charge in [0.15, 0.2) is 0 Å². The van der Waals surface area contributed by atoms with E-state index in [1.165, 1.54) is 25.3 Å². The second-order valence-corrected chi connectivity index (χ2v) is 6.05. The van der Waals surface area contributed by atoms with Gasteiger partial charge in [0.2, 0.25) is 11.5 Å². The zero-order chi connectivity index (χ0) is 19.8. The second kappa shape index (κ2) is 6.60. The van der Waals surface area contributed by atoms with Crippen LogP contribution in [0.4, 0.5) is 5.69 Å². The van der Waals surface area contributed by atoms with Crippen molar-refractivity contribution in [2.75, 3.05) is 7.11 Å². The first-order valence-electron chi connectivity index (χ1n) is 7.82. The van der Waals surface area contributed by atoms with Gasteiger partial charge >= 0.3 is 17.6 Å². The first kappa shape index (κ1) is 18.2. The minimum atomic E-state index is -1.14. The Hall–Kier alpha value is -3.62. The molecule has 2 aromatic carbocycles. The van der Waals surface area contributed by atoms with Gasteiger partial charge in [0.05, 0.1) is 17.6 Å². The molecule has 0 radical (unpaired) electrons. The molecule has 0 amide bonds. The Labute approximate surface area is 153 Å². The topological polar surface area (TPSA) is 114 Å². The fourth-order valence-corrected chi connectivity index (χ4v) is 2.55. The van der Waals surface area contributed by atoms with Crippen molar-refractivity contribution in [2.24, 2.45) is 0 Å². The number of cyclic esters (lactones) is 1. The average molecular weight is 373 g/mol. The number of carbonyl (C=O) groups is 2. The zero-order valence-electron chi connectivity index (χ0n) is 14.7. The molecule has 0 unspecified atom stereocenters. The van der Waals surface area contributed by atoms with E-state index in [1.54, 1.807) is 26.0 Å². The first-order chi connectivity index (χ1) is 12.7. The molecule has 140 valence electrons. The van der Waals surface area contributed by atoms with E-state index in [2.05, 4.69) is 4.74 Å². The maximum absolute atomic E-state index is 12.3. The molecule has 2 aromatic rings. The molecule has 0 atom stereocenters. The molecular formula is C18H15NO8. The Bertz CT molecular complexity index is 950. The highest BCUT2D eigenvalue weighted by Crippen LogP contribution is 2.40. The van der Waals surface area contributed by atoms with Gasteiger partial charge in [0, 0.05) is 19.9 Å².